The van der Waals surface area contributed by atoms with Crippen molar-refractivity contribution in [3.63, 3.8) is 0 Å². The van der Waals surface area contributed by atoms with Gasteiger partial charge in [-0.1, -0.05) is 0 Å². The van der Waals surface area contributed by atoms with E-state index in [0.29, 0.717) is 13.0 Å². The number of aromatic nitrogens is 1. The predicted molar refractivity (Wildman–Crippen MR) is 67.1 cm³/mol. The zero-order chi connectivity index (χ0) is 14.3. The fraction of sp³-hybridized carbons (Fsp3) is 0.417. The van der Waals surface area contributed by atoms with Crippen molar-refractivity contribution in [3.05, 3.63) is 28.7 Å². The maximum Gasteiger partial charge on any atom is 0.303 e. The number of amides is 1. The first-order valence-electron chi connectivity index (χ1n) is 5.79. The van der Waals surface area contributed by atoms with Crippen LogP contribution in [-0.2, 0) is 16.1 Å². The summed E-state index contributed by atoms with van der Waals surface area (Å²) in [6.07, 6.45) is 1.90. The highest BCUT2D eigenvalue weighted by molar-refractivity contribution is 5.77. The first kappa shape index (κ1) is 14.7. The van der Waals surface area contributed by atoms with Crippen LogP contribution in [0.2, 0.25) is 0 Å². The maximum atomic E-state index is 11.9. The molecule has 0 radical (unpaired) electrons. The van der Waals surface area contributed by atoms with Crippen LogP contribution in [0.15, 0.2) is 23.1 Å². The molecule has 0 unspecified atom stereocenters. The molecule has 1 aromatic heterocycles. The van der Waals surface area contributed by atoms with E-state index < -0.39 is 5.97 Å². The predicted octanol–water partition coefficient (Wildman–Crippen LogP) is -0.162. The van der Waals surface area contributed by atoms with Gasteiger partial charge in [-0.05, 0) is 18.6 Å². The van der Waals surface area contributed by atoms with Crippen molar-refractivity contribution in [1.82, 2.24) is 9.88 Å². The molecule has 2 N–H and O–H groups in total. The molecule has 7 nitrogen and oxygen atoms in total. The van der Waals surface area contributed by atoms with Crippen LogP contribution in [-0.4, -0.2) is 35.2 Å². The second kappa shape index (κ2) is 7.20. The Morgan fingerprint density at radius 1 is 1.47 bits per heavy atom. The second-order valence-electron chi connectivity index (χ2n) is 3.83. The molecule has 19 heavy (non-hydrogen) atoms. The molecule has 1 amide bonds. The van der Waals surface area contributed by atoms with E-state index in [0.717, 1.165) is 0 Å². The van der Waals surface area contributed by atoms with Crippen LogP contribution in [0.1, 0.15) is 12.8 Å². The summed E-state index contributed by atoms with van der Waals surface area (Å²) in [5.74, 6) is -1.16. The van der Waals surface area contributed by atoms with Gasteiger partial charge in [0, 0.05) is 26.2 Å². The van der Waals surface area contributed by atoms with Gasteiger partial charge in [0.25, 0.3) is 11.5 Å². The van der Waals surface area contributed by atoms with Crippen LogP contribution < -0.4 is 15.6 Å². The summed E-state index contributed by atoms with van der Waals surface area (Å²) < 4.78 is 6.46. The Kier molecular flexibility index (Phi) is 5.59. The van der Waals surface area contributed by atoms with E-state index in [-0.39, 0.29) is 30.2 Å². The number of hydrogen-bond acceptors (Lipinski definition) is 4. The zero-order valence-electron chi connectivity index (χ0n) is 10.6. The SMILES string of the molecule is CNC(=O)COc1cccn(CCCC(=O)O)c1=O. The largest absolute Gasteiger partial charge is 0.481 e. The number of carboxylic acids is 1. The van der Waals surface area contributed by atoms with Crippen LogP contribution in [0.4, 0.5) is 0 Å². The van der Waals surface area contributed by atoms with Gasteiger partial charge in [-0.2, -0.15) is 0 Å². The number of nitrogens with one attached hydrogen (secondary N) is 1. The van der Waals surface area contributed by atoms with E-state index in [4.69, 9.17) is 9.84 Å². The molecule has 0 aliphatic heterocycles. The minimum Gasteiger partial charge on any atom is -0.481 e. The van der Waals surface area contributed by atoms with Crippen LogP contribution in [0.25, 0.3) is 0 Å². The Hall–Kier alpha value is -2.31. The van der Waals surface area contributed by atoms with Gasteiger partial charge in [0.1, 0.15) is 0 Å². The minimum atomic E-state index is -0.903. The third-order valence-electron chi connectivity index (χ3n) is 2.41. The fourth-order valence-electron chi connectivity index (χ4n) is 1.42. The molecular weight excluding hydrogens is 252 g/mol. The van der Waals surface area contributed by atoms with Crippen molar-refractivity contribution in [2.45, 2.75) is 19.4 Å². The van der Waals surface area contributed by atoms with Crippen LogP contribution >= 0.6 is 0 Å². The molecule has 0 atom stereocenters. The van der Waals surface area contributed by atoms with Crippen LogP contribution in [0.5, 0.6) is 5.75 Å². The van der Waals surface area contributed by atoms with Crippen molar-refractivity contribution in [2.75, 3.05) is 13.7 Å². The molecule has 0 saturated carbocycles. The van der Waals surface area contributed by atoms with Gasteiger partial charge in [0.15, 0.2) is 12.4 Å². The normalized spacial score (nSPS) is 9.95. The number of ether oxygens (including phenoxy) is 1. The van der Waals surface area contributed by atoms with Crippen molar-refractivity contribution >= 4 is 11.9 Å². The summed E-state index contributed by atoms with van der Waals surface area (Å²) in [7, 11) is 1.47. The van der Waals surface area contributed by atoms with Crippen molar-refractivity contribution in [1.29, 1.82) is 0 Å². The molecule has 0 aromatic carbocycles. The van der Waals surface area contributed by atoms with E-state index in [9.17, 15) is 14.4 Å². The molecule has 0 spiro atoms. The van der Waals surface area contributed by atoms with E-state index in [2.05, 4.69) is 5.32 Å². The molecule has 0 aliphatic carbocycles. The number of likely N-dealkylation sites (N-methyl/N-ethyl adjacent to an activating group) is 1. The van der Waals surface area contributed by atoms with Gasteiger partial charge in [-0.3, -0.25) is 14.4 Å². The first-order valence-corrected chi connectivity index (χ1v) is 5.79. The summed E-state index contributed by atoms with van der Waals surface area (Å²) in [6.45, 7) is 0.0627. The molecule has 104 valence electrons. The quantitative estimate of drug-likeness (QED) is 0.716. The number of pyridine rings is 1. The number of carbonyl (C=O) groups is 2. The van der Waals surface area contributed by atoms with E-state index in [1.54, 1.807) is 12.3 Å². The summed E-state index contributed by atoms with van der Waals surface area (Å²) >= 11 is 0. The van der Waals surface area contributed by atoms with Gasteiger partial charge in [-0.25, -0.2) is 0 Å². The highest BCUT2D eigenvalue weighted by Gasteiger charge is 2.07. The smallest absolute Gasteiger partial charge is 0.303 e. The van der Waals surface area contributed by atoms with Gasteiger partial charge in [0.2, 0.25) is 0 Å². The molecule has 0 aliphatic rings. The fourth-order valence-corrected chi connectivity index (χ4v) is 1.42. The molecule has 0 fully saturated rings. The van der Waals surface area contributed by atoms with E-state index >= 15 is 0 Å². The summed E-state index contributed by atoms with van der Waals surface area (Å²) in [5, 5.41) is 10.9. The lowest BCUT2D eigenvalue weighted by Gasteiger charge is -2.08. The van der Waals surface area contributed by atoms with Crippen molar-refractivity contribution in [3.8, 4) is 5.75 Å². The van der Waals surface area contributed by atoms with Crippen LogP contribution in [0, 0.1) is 0 Å². The summed E-state index contributed by atoms with van der Waals surface area (Å²) in [6, 6.07) is 3.08. The van der Waals surface area contributed by atoms with Gasteiger partial charge in [0.05, 0.1) is 0 Å². The number of rotatable bonds is 7. The summed E-state index contributed by atoms with van der Waals surface area (Å²) in [4.78, 5) is 33.3. The number of aryl methyl sites for hydroxylation is 1. The molecule has 1 heterocycles. The van der Waals surface area contributed by atoms with Gasteiger partial charge < -0.3 is 19.7 Å². The van der Waals surface area contributed by atoms with Crippen molar-refractivity contribution in [2.24, 2.45) is 0 Å². The average molecular weight is 268 g/mol. The summed E-state index contributed by atoms with van der Waals surface area (Å²) in [5.41, 5.74) is -0.378. The second-order valence-corrected chi connectivity index (χ2v) is 3.83. The standard InChI is InChI=1S/C12H16N2O5/c1-13-10(15)8-19-9-4-2-6-14(12(9)18)7-3-5-11(16)17/h2,4,6H,3,5,7-8H2,1H3,(H,13,15)(H,16,17). The van der Waals surface area contributed by atoms with Gasteiger partial charge >= 0.3 is 5.97 Å². The first-order chi connectivity index (χ1) is 9.04. The third-order valence-corrected chi connectivity index (χ3v) is 2.41. The van der Waals surface area contributed by atoms with E-state index in [1.807, 2.05) is 0 Å². The lowest BCUT2D eigenvalue weighted by atomic mass is 10.3. The molecule has 1 rings (SSSR count). The van der Waals surface area contributed by atoms with Crippen LogP contribution in [0.3, 0.4) is 0 Å². The molecule has 0 saturated heterocycles. The highest BCUT2D eigenvalue weighted by atomic mass is 16.5. The lowest BCUT2D eigenvalue weighted by Crippen LogP contribution is -2.28. The highest BCUT2D eigenvalue weighted by Crippen LogP contribution is 2.03. The number of aliphatic carboxylic acids is 1. The Labute approximate surface area is 109 Å². The Balaban J connectivity index is 2.66. The Morgan fingerprint density at radius 2 is 2.21 bits per heavy atom. The van der Waals surface area contributed by atoms with E-state index in [1.165, 1.54) is 17.7 Å². The van der Waals surface area contributed by atoms with Gasteiger partial charge in [-0.15, -0.1) is 0 Å². The Bertz CT molecular complexity index is 509. The topological polar surface area (TPSA) is 97.6 Å². The molecular formula is C12H16N2O5. The third kappa shape index (κ3) is 4.82. The number of carboxylic acid groups (broad SMARTS) is 1. The molecule has 7 heteroatoms. The minimum absolute atomic E-state index is 0.00420. The zero-order valence-corrected chi connectivity index (χ0v) is 10.6. The number of nitrogens with zero attached hydrogens (tertiary/aromatic N) is 1. The lowest BCUT2D eigenvalue weighted by molar-refractivity contribution is -0.137. The number of carbonyl (C=O) groups excluding carboxylic acids is 1. The maximum absolute atomic E-state index is 11.9. The number of hydrogen-bond donors (Lipinski definition) is 2. The molecule has 0 bridgehead atoms. The van der Waals surface area contributed by atoms with Crippen molar-refractivity contribution < 1.29 is 19.4 Å². The monoisotopic (exact) mass is 268 g/mol. The Morgan fingerprint density at radius 3 is 2.84 bits per heavy atom. The average Bonchev–Trinajstić information content (AvgIpc) is 2.38. The molecule has 1 aromatic rings.